The van der Waals surface area contributed by atoms with Crippen LogP contribution in [-0.4, -0.2) is 13.8 Å². The highest BCUT2D eigenvalue weighted by molar-refractivity contribution is 6.32. The van der Waals surface area contributed by atoms with E-state index in [1.54, 1.807) is 6.07 Å². The molecule has 4 heteroatoms. The first kappa shape index (κ1) is 8.29. The molecule has 64 valence electrons. The van der Waals surface area contributed by atoms with Crippen molar-refractivity contribution in [3.05, 3.63) is 23.5 Å². The molecule has 0 spiro atoms. The number of hydrogen-bond donors (Lipinski definition) is 1. The Kier molecular flexibility index (Phi) is 1.83. The smallest absolute Gasteiger partial charge is 0.224 e. The molecule has 1 aromatic rings. The number of fused-ring (bicyclic) bond motifs is 1. The monoisotopic (exact) mass is 175 g/mol. The maximum Gasteiger partial charge on any atom is 0.224 e. The largest absolute Gasteiger partial charge is 0.323 e. The van der Waals surface area contributed by atoms with Crippen molar-refractivity contribution in [2.24, 2.45) is 0 Å². The number of carbonyl (C=O) groups is 1. The van der Waals surface area contributed by atoms with Gasteiger partial charge in [-0.15, -0.1) is 0 Å². The van der Waals surface area contributed by atoms with Gasteiger partial charge in [0, 0.05) is 6.42 Å². The molecule has 0 fully saturated rings. The number of rotatable bonds is 0. The summed E-state index contributed by atoms with van der Waals surface area (Å²) in [5, 5.41) is 2.49. The summed E-state index contributed by atoms with van der Waals surface area (Å²) in [5.74, 6) is -0.598. The molecule has 0 unspecified atom stereocenters. The van der Waals surface area contributed by atoms with Gasteiger partial charge in [-0.25, -0.2) is 4.39 Å². The van der Waals surface area contributed by atoms with E-state index in [0.717, 1.165) is 5.56 Å². The second-order valence-corrected chi connectivity index (χ2v) is 3.09. The average Bonchev–Trinajstić information content (AvgIpc) is 2.06. The Morgan fingerprint density at radius 2 is 2.15 bits per heavy atom. The van der Waals surface area contributed by atoms with Gasteiger partial charge in [0.15, 0.2) is 0 Å². The predicted octanol–water partition coefficient (Wildman–Crippen LogP) is 0.504. The normalized spacial score (nSPS) is 15.0. The Labute approximate surface area is 76.5 Å². The molecule has 0 bridgehead atoms. The summed E-state index contributed by atoms with van der Waals surface area (Å²) in [6.45, 7) is 0. The molecule has 1 heterocycles. The number of aryl methyl sites for hydroxylation is 1. The molecule has 1 aromatic carbocycles. The minimum Gasteiger partial charge on any atom is -0.323 e. The minimum atomic E-state index is -0.456. The Morgan fingerprint density at radius 3 is 2.92 bits per heavy atom. The Balaban J connectivity index is 2.53. The molecule has 0 saturated carbocycles. The third kappa shape index (κ3) is 1.44. The van der Waals surface area contributed by atoms with E-state index < -0.39 is 5.82 Å². The summed E-state index contributed by atoms with van der Waals surface area (Å²) in [5.41, 5.74) is 1.45. The molecule has 13 heavy (non-hydrogen) atoms. The van der Waals surface area contributed by atoms with E-state index in [1.807, 2.05) is 0 Å². The number of anilines is 1. The van der Waals surface area contributed by atoms with E-state index in [2.05, 4.69) is 5.32 Å². The van der Waals surface area contributed by atoms with E-state index in [-0.39, 0.29) is 11.6 Å². The molecule has 1 amide bonds. The molecule has 0 atom stereocenters. The molecular formula is C9H7BFNO. The van der Waals surface area contributed by atoms with Crippen LogP contribution in [0.25, 0.3) is 0 Å². The summed E-state index contributed by atoms with van der Waals surface area (Å²) in [7, 11) is 5.46. The number of nitrogens with one attached hydrogen (secondary N) is 1. The van der Waals surface area contributed by atoms with Crippen LogP contribution >= 0.6 is 0 Å². The highest BCUT2D eigenvalue weighted by Gasteiger charge is 2.17. The summed E-state index contributed by atoms with van der Waals surface area (Å²) in [6, 6.07) is 2.91. The zero-order chi connectivity index (χ0) is 9.42. The summed E-state index contributed by atoms with van der Waals surface area (Å²) in [6.07, 6.45) is 0.957. The third-order valence-electron chi connectivity index (χ3n) is 2.08. The van der Waals surface area contributed by atoms with Crippen LogP contribution < -0.4 is 10.8 Å². The Morgan fingerprint density at radius 1 is 1.38 bits per heavy atom. The van der Waals surface area contributed by atoms with Gasteiger partial charge in [0.05, 0.1) is 5.69 Å². The van der Waals surface area contributed by atoms with Gasteiger partial charge in [0.2, 0.25) is 5.91 Å². The number of hydrogen-bond acceptors (Lipinski definition) is 1. The first-order valence-electron chi connectivity index (χ1n) is 4.04. The zero-order valence-electron chi connectivity index (χ0n) is 6.93. The molecule has 1 N–H and O–H groups in total. The first-order valence-corrected chi connectivity index (χ1v) is 4.04. The molecule has 2 radical (unpaired) electrons. The lowest BCUT2D eigenvalue weighted by atomic mass is 9.90. The number of amides is 1. The summed E-state index contributed by atoms with van der Waals surface area (Å²) >= 11 is 0. The second kappa shape index (κ2) is 2.87. The lowest BCUT2D eigenvalue weighted by Gasteiger charge is -2.17. The molecule has 0 aromatic heterocycles. The molecule has 1 aliphatic rings. The quantitative estimate of drug-likeness (QED) is 0.571. The second-order valence-electron chi connectivity index (χ2n) is 3.09. The van der Waals surface area contributed by atoms with E-state index in [4.69, 9.17) is 7.85 Å². The lowest BCUT2D eigenvalue weighted by Crippen LogP contribution is -2.22. The Bertz CT molecular complexity index is 378. The number of carbonyl (C=O) groups excluding carboxylic acids is 1. The van der Waals surface area contributed by atoms with Crippen molar-refractivity contribution >= 4 is 24.9 Å². The van der Waals surface area contributed by atoms with Gasteiger partial charge >= 0.3 is 0 Å². The van der Waals surface area contributed by atoms with Crippen LogP contribution in [0.2, 0.25) is 0 Å². The van der Waals surface area contributed by atoms with Gasteiger partial charge in [0.25, 0.3) is 0 Å². The van der Waals surface area contributed by atoms with Gasteiger partial charge < -0.3 is 5.32 Å². The van der Waals surface area contributed by atoms with Gasteiger partial charge in [-0.05, 0) is 18.1 Å². The third-order valence-corrected chi connectivity index (χ3v) is 2.08. The van der Waals surface area contributed by atoms with Crippen LogP contribution in [0.3, 0.4) is 0 Å². The highest BCUT2D eigenvalue weighted by atomic mass is 19.1. The first-order chi connectivity index (χ1) is 6.16. The van der Waals surface area contributed by atoms with Crippen LogP contribution in [0.15, 0.2) is 12.1 Å². The van der Waals surface area contributed by atoms with Crippen LogP contribution in [0.1, 0.15) is 12.0 Å². The fourth-order valence-corrected chi connectivity index (χ4v) is 1.47. The standard InChI is InChI=1S/C9H7BFNO/c10-6-3-5-1-2-8(13)12-9(5)7(11)4-6/h3-4H,1-2H2,(H,12,13). The SMILES string of the molecule is [B]c1cc(F)c2c(c1)CCC(=O)N2. The predicted molar refractivity (Wildman–Crippen MR) is 48.7 cm³/mol. The molecule has 0 saturated heterocycles. The van der Waals surface area contributed by atoms with Crippen molar-refractivity contribution in [2.75, 3.05) is 5.32 Å². The molecule has 1 aliphatic heterocycles. The van der Waals surface area contributed by atoms with Crippen molar-refractivity contribution in [1.29, 1.82) is 0 Å². The fraction of sp³-hybridized carbons (Fsp3) is 0.222. The van der Waals surface area contributed by atoms with Crippen LogP contribution in [0, 0.1) is 5.82 Å². The minimum absolute atomic E-state index is 0.142. The van der Waals surface area contributed by atoms with Gasteiger partial charge in [-0.1, -0.05) is 11.5 Å². The van der Waals surface area contributed by atoms with Gasteiger partial charge in [-0.3, -0.25) is 4.79 Å². The maximum absolute atomic E-state index is 13.2. The lowest BCUT2D eigenvalue weighted by molar-refractivity contribution is -0.116. The highest BCUT2D eigenvalue weighted by Crippen LogP contribution is 2.23. The molecular weight excluding hydrogens is 168 g/mol. The van der Waals surface area contributed by atoms with Crippen LogP contribution in [0.5, 0.6) is 0 Å². The zero-order valence-corrected chi connectivity index (χ0v) is 6.93. The average molecular weight is 175 g/mol. The van der Waals surface area contributed by atoms with Crippen molar-refractivity contribution in [3.63, 3.8) is 0 Å². The van der Waals surface area contributed by atoms with Crippen molar-refractivity contribution in [2.45, 2.75) is 12.8 Å². The topological polar surface area (TPSA) is 29.1 Å². The summed E-state index contributed by atoms with van der Waals surface area (Å²) in [4.78, 5) is 11.0. The van der Waals surface area contributed by atoms with Crippen molar-refractivity contribution in [1.82, 2.24) is 0 Å². The maximum atomic E-state index is 13.2. The van der Waals surface area contributed by atoms with E-state index in [9.17, 15) is 9.18 Å². The molecule has 2 rings (SSSR count). The van der Waals surface area contributed by atoms with E-state index in [0.29, 0.717) is 18.3 Å². The number of benzene rings is 1. The molecule has 0 aliphatic carbocycles. The van der Waals surface area contributed by atoms with Crippen molar-refractivity contribution in [3.8, 4) is 0 Å². The van der Waals surface area contributed by atoms with E-state index in [1.165, 1.54) is 6.07 Å². The summed E-state index contributed by atoms with van der Waals surface area (Å²) < 4.78 is 13.2. The van der Waals surface area contributed by atoms with Crippen LogP contribution in [-0.2, 0) is 11.2 Å². The van der Waals surface area contributed by atoms with Crippen molar-refractivity contribution < 1.29 is 9.18 Å². The molecule has 2 nitrogen and oxygen atoms in total. The number of halogens is 1. The van der Waals surface area contributed by atoms with Gasteiger partial charge in [0.1, 0.15) is 13.7 Å². The Hall–Kier alpha value is -1.32. The van der Waals surface area contributed by atoms with Gasteiger partial charge in [-0.2, -0.15) is 0 Å². The van der Waals surface area contributed by atoms with Crippen LogP contribution in [0.4, 0.5) is 10.1 Å². The van der Waals surface area contributed by atoms with E-state index >= 15 is 0 Å². The fourth-order valence-electron chi connectivity index (χ4n) is 1.47.